The third-order valence-electron chi connectivity index (χ3n) is 1.97. The molecular weight excluding hydrogens is 204 g/mol. The zero-order valence-corrected chi connectivity index (χ0v) is 9.15. The van der Waals surface area contributed by atoms with Gasteiger partial charge in [-0.15, -0.1) is 11.8 Å². The van der Waals surface area contributed by atoms with Gasteiger partial charge in [-0.1, -0.05) is 36.4 Å². The van der Waals surface area contributed by atoms with Crippen molar-refractivity contribution in [2.24, 2.45) is 10.2 Å². The minimum atomic E-state index is 0.649. The minimum Gasteiger partial charge on any atom is -0.184 e. The highest BCUT2D eigenvalue weighted by molar-refractivity contribution is 8.02. The predicted octanol–water partition coefficient (Wildman–Crippen LogP) is 3.78. The zero-order valence-electron chi connectivity index (χ0n) is 8.34. The van der Waals surface area contributed by atoms with E-state index < -0.39 is 0 Å². The standard InChI is InChI=1S/C12H12N2S/c1-2-5-11(6-3-1)9-13-14-12-7-4-8-15-10-12/h1-7,10H,8-9H2. The summed E-state index contributed by atoms with van der Waals surface area (Å²) < 4.78 is 0. The molecule has 1 heterocycles. The molecule has 0 aromatic heterocycles. The van der Waals surface area contributed by atoms with Crippen molar-refractivity contribution in [2.45, 2.75) is 6.54 Å². The summed E-state index contributed by atoms with van der Waals surface area (Å²) in [5, 5.41) is 10.4. The third-order valence-corrected chi connectivity index (χ3v) is 2.76. The van der Waals surface area contributed by atoms with Crippen molar-refractivity contribution in [3.63, 3.8) is 0 Å². The van der Waals surface area contributed by atoms with Gasteiger partial charge in [0, 0.05) is 5.75 Å². The van der Waals surface area contributed by atoms with E-state index in [9.17, 15) is 0 Å². The molecule has 1 aromatic rings. The highest BCUT2D eigenvalue weighted by Crippen LogP contribution is 2.16. The Balaban J connectivity index is 1.90. The maximum Gasteiger partial charge on any atom is 0.0912 e. The SMILES string of the molecule is C1=CC(N=NCc2ccccc2)=CSC1. The molecule has 76 valence electrons. The first-order valence-corrected chi connectivity index (χ1v) is 5.90. The molecule has 0 saturated carbocycles. The number of allylic oxidation sites excluding steroid dienone is 1. The van der Waals surface area contributed by atoms with Crippen molar-refractivity contribution >= 4 is 11.8 Å². The fraction of sp³-hybridized carbons (Fsp3) is 0.167. The molecule has 1 aliphatic heterocycles. The van der Waals surface area contributed by atoms with Crippen LogP contribution >= 0.6 is 11.8 Å². The fourth-order valence-electron chi connectivity index (χ4n) is 1.24. The first kappa shape index (κ1) is 10.2. The second-order valence-electron chi connectivity index (χ2n) is 3.16. The molecule has 2 rings (SSSR count). The maximum atomic E-state index is 4.16. The van der Waals surface area contributed by atoms with Crippen LogP contribution in [0.4, 0.5) is 0 Å². The monoisotopic (exact) mass is 216 g/mol. The van der Waals surface area contributed by atoms with Gasteiger partial charge in [-0.25, -0.2) is 0 Å². The second-order valence-corrected chi connectivity index (χ2v) is 4.07. The number of nitrogens with zero attached hydrogens (tertiary/aromatic N) is 2. The maximum absolute atomic E-state index is 4.16. The van der Waals surface area contributed by atoms with Crippen LogP contribution in [0.2, 0.25) is 0 Å². The van der Waals surface area contributed by atoms with Crippen molar-refractivity contribution in [2.75, 3.05) is 5.75 Å². The largest absolute Gasteiger partial charge is 0.184 e. The van der Waals surface area contributed by atoms with E-state index in [2.05, 4.69) is 28.4 Å². The van der Waals surface area contributed by atoms with Crippen LogP contribution in [0.25, 0.3) is 0 Å². The Morgan fingerprint density at radius 1 is 1.20 bits per heavy atom. The Labute approximate surface area is 93.8 Å². The molecule has 0 unspecified atom stereocenters. The summed E-state index contributed by atoms with van der Waals surface area (Å²) in [5.74, 6) is 1.04. The normalized spacial score (nSPS) is 15.6. The van der Waals surface area contributed by atoms with Crippen LogP contribution in [-0.4, -0.2) is 5.75 Å². The molecule has 0 bridgehead atoms. The average molecular weight is 216 g/mol. The van der Waals surface area contributed by atoms with Crippen LogP contribution in [0.3, 0.4) is 0 Å². The van der Waals surface area contributed by atoms with Crippen LogP contribution in [0, 0.1) is 0 Å². The predicted molar refractivity (Wildman–Crippen MR) is 64.7 cm³/mol. The van der Waals surface area contributed by atoms with Gasteiger partial charge in [0.2, 0.25) is 0 Å². The average Bonchev–Trinajstić information content (AvgIpc) is 2.32. The number of thioether (sulfide) groups is 1. The van der Waals surface area contributed by atoms with Gasteiger partial charge >= 0.3 is 0 Å². The summed E-state index contributed by atoms with van der Waals surface area (Å²) in [6.45, 7) is 0.649. The van der Waals surface area contributed by atoms with Gasteiger partial charge in [0.1, 0.15) is 0 Å². The van der Waals surface area contributed by atoms with Crippen LogP contribution < -0.4 is 0 Å². The Hall–Kier alpha value is -1.35. The van der Waals surface area contributed by atoms with E-state index in [0.29, 0.717) is 6.54 Å². The lowest BCUT2D eigenvalue weighted by molar-refractivity contribution is 0.940. The summed E-state index contributed by atoms with van der Waals surface area (Å²) in [7, 11) is 0. The number of rotatable bonds is 3. The molecule has 1 aliphatic rings. The quantitative estimate of drug-likeness (QED) is 0.706. The Bertz CT molecular complexity index is 393. The second kappa shape index (κ2) is 5.51. The number of benzene rings is 1. The first-order chi connectivity index (χ1) is 7.45. The van der Waals surface area contributed by atoms with Gasteiger partial charge in [0.25, 0.3) is 0 Å². The smallest absolute Gasteiger partial charge is 0.0912 e. The lowest BCUT2D eigenvalue weighted by Gasteiger charge is -1.99. The molecule has 0 atom stereocenters. The Morgan fingerprint density at radius 2 is 2.07 bits per heavy atom. The van der Waals surface area contributed by atoms with E-state index in [1.807, 2.05) is 29.7 Å². The van der Waals surface area contributed by atoms with E-state index in [0.717, 1.165) is 11.4 Å². The van der Waals surface area contributed by atoms with E-state index in [1.54, 1.807) is 11.8 Å². The third kappa shape index (κ3) is 3.36. The van der Waals surface area contributed by atoms with Crippen LogP contribution in [0.1, 0.15) is 5.56 Å². The number of hydrogen-bond donors (Lipinski definition) is 0. The van der Waals surface area contributed by atoms with E-state index >= 15 is 0 Å². The summed E-state index contributed by atoms with van der Waals surface area (Å²) in [5.41, 5.74) is 2.14. The molecule has 0 radical (unpaired) electrons. The van der Waals surface area contributed by atoms with Gasteiger partial charge in [0.15, 0.2) is 0 Å². The lowest BCUT2D eigenvalue weighted by atomic mass is 10.2. The van der Waals surface area contributed by atoms with Gasteiger partial charge < -0.3 is 0 Å². The lowest BCUT2D eigenvalue weighted by Crippen LogP contribution is -1.81. The van der Waals surface area contributed by atoms with Gasteiger partial charge in [-0.05, 0) is 17.0 Å². The highest BCUT2D eigenvalue weighted by atomic mass is 32.2. The fourth-order valence-corrected chi connectivity index (χ4v) is 1.84. The highest BCUT2D eigenvalue weighted by Gasteiger charge is 1.94. The molecule has 2 nitrogen and oxygen atoms in total. The van der Waals surface area contributed by atoms with E-state index in [1.165, 1.54) is 5.56 Å². The molecule has 0 fully saturated rings. The summed E-state index contributed by atoms with van der Waals surface area (Å²) in [6, 6.07) is 10.1. The van der Waals surface area contributed by atoms with Crippen LogP contribution in [0.5, 0.6) is 0 Å². The molecule has 0 saturated heterocycles. The minimum absolute atomic E-state index is 0.649. The molecule has 0 spiro atoms. The molecule has 0 N–H and O–H groups in total. The van der Waals surface area contributed by atoms with Gasteiger partial charge in [0.05, 0.1) is 12.2 Å². The van der Waals surface area contributed by atoms with Crippen molar-refractivity contribution in [3.8, 4) is 0 Å². The van der Waals surface area contributed by atoms with Crippen molar-refractivity contribution in [3.05, 3.63) is 59.2 Å². The molecule has 15 heavy (non-hydrogen) atoms. The molecule has 1 aromatic carbocycles. The van der Waals surface area contributed by atoms with Gasteiger partial charge in [-0.3, -0.25) is 0 Å². The summed E-state index contributed by atoms with van der Waals surface area (Å²) >= 11 is 1.75. The number of azo groups is 1. The van der Waals surface area contributed by atoms with E-state index in [4.69, 9.17) is 0 Å². The zero-order chi connectivity index (χ0) is 10.3. The molecule has 0 aliphatic carbocycles. The van der Waals surface area contributed by atoms with Crippen molar-refractivity contribution in [1.82, 2.24) is 0 Å². The Kier molecular flexibility index (Phi) is 3.74. The van der Waals surface area contributed by atoms with Crippen LogP contribution in [0.15, 0.2) is 63.8 Å². The van der Waals surface area contributed by atoms with Crippen molar-refractivity contribution < 1.29 is 0 Å². The first-order valence-electron chi connectivity index (χ1n) is 4.85. The summed E-state index contributed by atoms with van der Waals surface area (Å²) in [4.78, 5) is 0. The Morgan fingerprint density at radius 3 is 2.80 bits per heavy atom. The van der Waals surface area contributed by atoms with Gasteiger partial charge in [-0.2, -0.15) is 10.2 Å². The topological polar surface area (TPSA) is 24.7 Å². The molecule has 0 amide bonds. The molecular formula is C12H12N2S. The summed E-state index contributed by atoms with van der Waals surface area (Å²) in [6.07, 6.45) is 4.10. The molecule has 3 heteroatoms. The van der Waals surface area contributed by atoms with Crippen molar-refractivity contribution in [1.29, 1.82) is 0 Å². The van der Waals surface area contributed by atoms with E-state index in [-0.39, 0.29) is 0 Å². The van der Waals surface area contributed by atoms with Crippen LogP contribution in [-0.2, 0) is 6.54 Å². The number of hydrogen-bond acceptors (Lipinski definition) is 3.